The number of esters is 1. The van der Waals surface area contributed by atoms with Crippen LogP contribution in [0.5, 0.6) is 0 Å². The molecule has 0 saturated heterocycles. The topological polar surface area (TPSA) is 76.8 Å². The van der Waals surface area contributed by atoms with Gasteiger partial charge < -0.3 is 14.1 Å². The highest BCUT2D eigenvalue weighted by Gasteiger charge is 2.31. The molecule has 0 radical (unpaired) electrons. The fourth-order valence-electron chi connectivity index (χ4n) is 3.73. The van der Waals surface area contributed by atoms with E-state index in [2.05, 4.69) is 0 Å². The fourth-order valence-corrected chi connectivity index (χ4v) is 3.73. The van der Waals surface area contributed by atoms with Crippen molar-refractivity contribution in [1.82, 2.24) is 4.90 Å². The van der Waals surface area contributed by atoms with Gasteiger partial charge in [0.15, 0.2) is 0 Å². The quantitative estimate of drug-likeness (QED) is 0.595. The third-order valence-corrected chi connectivity index (χ3v) is 5.22. The molecule has 1 heterocycles. The molecule has 2 aromatic rings. The van der Waals surface area contributed by atoms with Crippen molar-refractivity contribution in [2.45, 2.75) is 45.1 Å². The molecule has 1 amide bonds. The molecule has 3 rings (SSSR count). The Morgan fingerprint density at radius 2 is 1.93 bits per heavy atom. The summed E-state index contributed by atoms with van der Waals surface area (Å²) in [6.45, 7) is 1.96. The Morgan fingerprint density at radius 3 is 2.63 bits per heavy atom. The van der Waals surface area contributed by atoms with Crippen molar-refractivity contribution in [2.75, 3.05) is 13.7 Å². The Morgan fingerprint density at radius 1 is 1.22 bits per heavy atom. The van der Waals surface area contributed by atoms with Crippen molar-refractivity contribution >= 4 is 22.8 Å². The Bertz CT molecular complexity index is 882. The first-order valence-electron chi connectivity index (χ1n) is 9.43. The second-order valence-electron chi connectivity index (χ2n) is 7.16. The molecule has 6 nitrogen and oxygen atoms in total. The molecule has 1 unspecified atom stereocenters. The molecule has 0 spiro atoms. The lowest BCUT2D eigenvalue weighted by Gasteiger charge is -2.35. The Labute approximate surface area is 158 Å². The van der Waals surface area contributed by atoms with Gasteiger partial charge in [-0.15, -0.1) is 0 Å². The molecular formula is C21H25NO5. The van der Waals surface area contributed by atoms with Crippen molar-refractivity contribution < 1.29 is 18.7 Å². The molecule has 0 bridgehead atoms. The molecule has 0 N–H and O–H groups in total. The summed E-state index contributed by atoms with van der Waals surface area (Å²) in [5, 5.41) is 0.699. The number of methoxy groups -OCH3 is 1. The van der Waals surface area contributed by atoms with E-state index < -0.39 is 11.5 Å². The number of rotatable bonds is 5. The average Bonchev–Trinajstić information content (AvgIpc) is 2.70. The van der Waals surface area contributed by atoms with E-state index in [9.17, 15) is 14.4 Å². The van der Waals surface area contributed by atoms with Crippen LogP contribution in [0, 0.1) is 5.92 Å². The maximum Gasteiger partial charge on any atom is 0.349 e. The lowest BCUT2D eigenvalue weighted by Crippen LogP contribution is -2.46. The summed E-state index contributed by atoms with van der Waals surface area (Å²) in [5.74, 6) is -1.21. The molecule has 1 aliphatic carbocycles. The second kappa shape index (κ2) is 8.37. The lowest BCUT2D eigenvalue weighted by atomic mass is 9.93. The number of amides is 1. The van der Waals surface area contributed by atoms with Gasteiger partial charge in [-0.05, 0) is 25.0 Å². The first-order chi connectivity index (χ1) is 13.0. The highest BCUT2D eigenvalue weighted by molar-refractivity contribution is 5.97. The molecule has 1 aromatic heterocycles. The van der Waals surface area contributed by atoms with Gasteiger partial charge >= 0.3 is 11.6 Å². The highest BCUT2D eigenvalue weighted by atomic mass is 16.5. The third kappa shape index (κ3) is 4.21. The third-order valence-electron chi connectivity index (χ3n) is 5.22. The van der Waals surface area contributed by atoms with Gasteiger partial charge in [-0.3, -0.25) is 9.59 Å². The number of ether oxygens (including phenoxy) is 1. The van der Waals surface area contributed by atoms with Crippen LogP contribution in [0.4, 0.5) is 0 Å². The van der Waals surface area contributed by atoms with Crippen molar-refractivity contribution in [2.24, 2.45) is 5.92 Å². The van der Waals surface area contributed by atoms with E-state index in [1.807, 2.05) is 6.07 Å². The molecule has 1 aliphatic rings. The smallest absolute Gasteiger partial charge is 0.349 e. The van der Waals surface area contributed by atoms with Crippen LogP contribution in [0.3, 0.4) is 0 Å². The molecular weight excluding hydrogens is 346 g/mol. The van der Waals surface area contributed by atoms with Crippen LogP contribution in [0.2, 0.25) is 0 Å². The zero-order chi connectivity index (χ0) is 19.4. The summed E-state index contributed by atoms with van der Waals surface area (Å²) in [7, 11) is 1.34. The Kier molecular flexibility index (Phi) is 5.94. The van der Waals surface area contributed by atoms with Gasteiger partial charge in [-0.1, -0.05) is 44.4 Å². The molecule has 1 atom stereocenters. The van der Waals surface area contributed by atoms with E-state index in [4.69, 9.17) is 9.15 Å². The van der Waals surface area contributed by atoms with Gasteiger partial charge in [0.2, 0.25) is 0 Å². The molecule has 6 heteroatoms. The predicted octanol–water partition coefficient (Wildman–Crippen LogP) is 3.38. The standard InChI is InChI=1S/C21H25NO5/c1-14(20(24)26-2)13-22(16-9-4-3-5-10-16)19(23)17-12-15-8-6-7-11-18(15)27-21(17)25/h6-8,11-12,14,16H,3-5,9-10,13H2,1-2H3. The van der Waals surface area contributed by atoms with Crippen LogP contribution in [0.25, 0.3) is 11.0 Å². The van der Waals surface area contributed by atoms with Crippen LogP contribution >= 0.6 is 0 Å². The van der Waals surface area contributed by atoms with Crippen molar-refractivity contribution in [3.05, 3.63) is 46.3 Å². The molecule has 0 aliphatic heterocycles. The number of fused-ring (bicyclic) bond motifs is 1. The Hall–Kier alpha value is -2.63. The molecule has 1 aromatic carbocycles. The molecule has 144 valence electrons. The van der Waals surface area contributed by atoms with Gasteiger partial charge in [0, 0.05) is 18.0 Å². The van der Waals surface area contributed by atoms with E-state index in [0.717, 1.165) is 32.1 Å². The zero-order valence-corrected chi connectivity index (χ0v) is 15.8. The van der Waals surface area contributed by atoms with Crippen molar-refractivity contribution in [1.29, 1.82) is 0 Å². The summed E-state index contributed by atoms with van der Waals surface area (Å²) < 4.78 is 10.1. The molecule has 27 heavy (non-hydrogen) atoms. The van der Waals surface area contributed by atoms with Gasteiger partial charge in [0.05, 0.1) is 13.0 Å². The zero-order valence-electron chi connectivity index (χ0n) is 15.8. The van der Waals surface area contributed by atoms with E-state index in [1.165, 1.54) is 7.11 Å². The number of hydrogen-bond donors (Lipinski definition) is 0. The minimum atomic E-state index is -0.648. The van der Waals surface area contributed by atoms with E-state index in [0.29, 0.717) is 11.0 Å². The number of nitrogens with zero attached hydrogens (tertiary/aromatic N) is 1. The molecule has 1 fully saturated rings. The van der Waals surface area contributed by atoms with E-state index >= 15 is 0 Å². The number of benzene rings is 1. The number of hydrogen-bond acceptors (Lipinski definition) is 5. The van der Waals surface area contributed by atoms with E-state index in [1.54, 1.807) is 36.1 Å². The van der Waals surface area contributed by atoms with Crippen molar-refractivity contribution in [3.8, 4) is 0 Å². The van der Waals surface area contributed by atoms with Crippen LogP contribution in [0.1, 0.15) is 49.4 Å². The van der Waals surface area contributed by atoms with E-state index in [-0.39, 0.29) is 30.0 Å². The van der Waals surface area contributed by atoms with Crippen LogP contribution < -0.4 is 5.63 Å². The van der Waals surface area contributed by atoms with Gasteiger partial charge in [0.25, 0.3) is 5.91 Å². The first kappa shape index (κ1) is 19.1. The summed E-state index contributed by atoms with van der Waals surface area (Å²) in [4.78, 5) is 39.3. The lowest BCUT2D eigenvalue weighted by molar-refractivity contribution is -0.145. The maximum atomic E-state index is 13.3. The minimum Gasteiger partial charge on any atom is -0.469 e. The molecule has 1 saturated carbocycles. The van der Waals surface area contributed by atoms with Crippen molar-refractivity contribution in [3.63, 3.8) is 0 Å². The summed E-state index contributed by atoms with van der Waals surface area (Å²) in [6.07, 6.45) is 4.96. The average molecular weight is 371 g/mol. The van der Waals surface area contributed by atoms with Crippen LogP contribution in [0.15, 0.2) is 39.5 Å². The van der Waals surface area contributed by atoms with Crippen LogP contribution in [-0.4, -0.2) is 36.5 Å². The first-order valence-corrected chi connectivity index (χ1v) is 9.43. The van der Waals surface area contributed by atoms with Gasteiger partial charge in [-0.2, -0.15) is 0 Å². The highest BCUT2D eigenvalue weighted by Crippen LogP contribution is 2.25. The number of carbonyl (C=O) groups excluding carboxylic acids is 2. The number of carbonyl (C=O) groups is 2. The monoisotopic (exact) mass is 371 g/mol. The summed E-state index contributed by atoms with van der Waals surface area (Å²) >= 11 is 0. The maximum absolute atomic E-state index is 13.3. The SMILES string of the molecule is COC(=O)C(C)CN(C(=O)c1cc2ccccc2oc1=O)C1CCCCC1. The van der Waals surface area contributed by atoms with Crippen LogP contribution in [-0.2, 0) is 9.53 Å². The minimum absolute atomic E-state index is 0.0105. The largest absolute Gasteiger partial charge is 0.469 e. The number of para-hydroxylation sites is 1. The van der Waals surface area contributed by atoms with Gasteiger partial charge in [-0.25, -0.2) is 4.79 Å². The predicted molar refractivity (Wildman–Crippen MR) is 102 cm³/mol. The Balaban J connectivity index is 1.95. The normalized spacial score (nSPS) is 16.1. The second-order valence-corrected chi connectivity index (χ2v) is 7.16. The summed E-state index contributed by atoms with van der Waals surface area (Å²) in [5.41, 5.74) is -0.187. The fraction of sp³-hybridized carbons (Fsp3) is 0.476. The van der Waals surface area contributed by atoms with Gasteiger partial charge in [0.1, 0.15) is 11.1 Å². The summed E-state index contributed by atoms with van der Waals surface area (Å²) in [6, 6.07) is 8.71.